The molecule has 0 saturated carbocycles. The number of tetrazole rings is 1. The van der Waals surface area contributed by atoms with Crippen molar-refractivity contribution >= 4 is 47.0 Å². The zero-order valence-electron chi connectivity index (χ0n) is 13.5. The predicted octanol–water partition coefficient (Wildman–Crippen LogP) is -1.38. The van der Waals surface area contributed by atoms with Crippen LogP contribution in [0.3, 0.4) is 0 Å². The van der Waals surface area contributed by atoms with E-state index in [9.17, 15) is 24.6 Å². The van der Waals surface area contributed by atoms with E-state index in [1.54, 1.807) is 0 Å². The number of rotatable bonds is 5. The summed E-state index contributed by atoms with van der Waals surface area (Å²) in [6, 6.07) is 0.717. The number of carbonyl (C=O) groups excluding carboxylic acids is 1. The number of β-lactam (4-membered cyclic amide) rings is 1. The minimum absolute atomic E-state index is 0.00368. The maximum Gasteiger partial charge on any atom is 0.339 e. The second kappa shape index (κ2) is 6.31. The number of hydrogen-bond acceptors (Lipinski definition) is 10. The molecule has 1 amide bonds. The molecule has 27 heavy (non-hydrogen) atoms. The summed E-state index contributed by atoms with van der Waals surface area (Å²) in [7, 11) is 0. The van der Waals surface area contributed by atoms with Crippen LogP contribution in [-0.4, -0.2) is 87.7 Å². The van der Waals surface area contributed by atoms with Crippen LogP contribution in [0.4, 0.5) is 0 Å². The van der Waals surface area contributed by atoms with E-state index in [2.05, 4.69) is 20.6 Å². The van der Waals surface area contributed by atoms with Crippen LogP contribution < -0.4 is 5.73 Å². The Morgan fingerprint density at radius 1 is 1.44 bits per heavy atom. The lowest BCUT2D eigenvalue weighted by Crippen LogP contribution is -2.72. The largest absolute Gasteiger partial charge is 0.481 e. The fourth-order valence-electron chi connectivity index (χ4n) is 2.97. The molecule has 2 fully saturated rings. The number of nitrogens with zero attached hydrogens (tertiary/aromatic N) is 6. The summed E-state index contributed by atoms with van der Waals surface area (Å²) in [6.07, 6.45) is 0. The van der Waals surface area contributed by atoms with Crippen LogP contribution in [0.1, 0.15) is 10.4 Å². The molecule has 0 radical (unpaired) electrons. The highest BCUT2D eigenvalue weighted by molar-refractivity contribution is 8.00. The highest BCUT2D eigenvalue weighted by atomic mass is 32.2. The van der Waals surface area contributed by atoms with Gasteiger partial charge in [0.1, 0.15) is 27.4 Å². The molecule has 2 saturated heterocycles. The molecule has 3 atom stereocenters. The first-order valence-corrected chi connectivity index (χ1v) is 9.72. The van der Waals surface area contributed by atoms with Gasteiger partial charge in [-0.1, -0.05) is 0 Å². The number of carbonyl (C=O) groups is 3. The van der Waals surface area contributed by atoms with Gasteiger partial charge in [-0.25, -0.2) is 4.79 Å². The number of aromatic nitrogens is 5. The van der Waals surface area contributed by atoms with Gasteiger partial charge in [0.2, 0.25) is 11.6 Å². The molecule has 0 bridgehead atoms. The van der Waals surface area contributed by atoms with Crippen molar-refractivity contribution < 1.29 is 24.6 Å². The lowest BCUT2D eigenvalue weighted by atomic mass is 9.89. The molecule has 4 heterocycles. The molecule has 12 nitrogen and oxygen atoms in total. The van der Waals surface area contributed by atoms with Crippen molar-refractivity contribution in [3.05, 3.63) is 11.6 Å². The van der Waals surface area contributed by atoms with Crippen LogP contribution in [0.25, 0.3) is 5.65 Å². The number of aromatic carboxylic acids is 1. The highest BCUT2D eigenvalue weighted by Gasteiger charge is 2.55. The van der Waals surface area contributed by atoms with Crippen LogP contribution in [-0.2, 0) is 9.59 Å². The summed E-state index contributed by atoms with van der Waals surface area (Å²) in [5.41, 5.74) is 4.41. The summed E-state index contributed by atoms with van der Waals surface area (Å²) in [6.45, 7) is 0.0540. The Balaban J connectivity index is 1.58. The van der Waals surface area contributed by atoms with E-state index in [1.165, 1.54) is 22.7 Å². The minimum Gasteiger partial charge on any atom is -0.481 e. The van der Waals surface area contributed by atoms with E-state index >= 15 is 0 Å². The molecule has 2 aliphatic rings. The number of thioether (sulfide) groups is 2. The lowest BCUT2D eigenvalue weighted by Gasteiger charge is -2.52. The van der Waals surface area contributed by atoms with Gasteiger partial charge in [0.05, 0.1) is 0 Å². The molecular weight excluding hydrogens is 398 g/mol. The van der Waals surface area contributed by atoms with Gasteiger partial charge < -0.3 is 20.8 Å². The quantitative estimate of drug-likeness (QED) is 0.389. The molecule has 14 heteroatoms. The smallest absolute Gasteiger partial charge is 0.339 e. The first-order chi connectivity index (χ1) is 12.8. The third-order valence-electron chi connectivity index (χ3n) is 4.52. The highest BCUT2D eigenvalue weighted by Crippen LogP contribution is 2.43. The third kappa shape index (κ3) is 2.80. The van der Waals surface area contributed by atoms with Crippen molar-refractivity contribution in [2.45, 2.75) is 16.4 Å². The Hall–Kier alpha value is -2.45. The Bertz CT molecular complexity index is 968. The molecule has 4 N–H and O–H groups in total. The number of carboxylic acids is 2. The fourth-order valence-corrected chi connectivity index (χ4v) is 5.66. The second-order valence-corrected chi connectivity index (χ2v) is 8.36. The van der Waals surface area contributed by atoms with Gasteiger partial charge in [-0.15, -0.1) is 38.4 Å². The van der Waals surface area contributed by atoms with Crippen molar-refractivity contribution in [1.29, 1.82) is 0 Å². The van der Waals surface area contributed by atoms with Gasteiger partial charge in [-0.2, -0.15) is 0 Å². The predicted molar refractivity (Wildman–Crippen MR) is 92.3 cm³/mol. The maximum absolute atomic E-state index is 12.0. The molecule has 2 aromatic heterocycles. The number of nitrogens with two attached hydrogens (primary N) is 1. The van der Waals surface area contributed by atoms with E-state index in [-0.39, 0.29) is 45.6 Å². The van der Waals surface area contributed by atoms with Crippen LogP contribution >= 0.6 is 23.5 Å². The molecule has 2 unspecified atom stereocenters. The van der Waals surface area contributed by atoms with Crippen LogP contribution in [0.2, 0.25) is 0 Å². The number of amides is 1. The average molecular weight is 411 g/mol. The lowest BCUT2D eigenvalue weighted by molar-refractivity contribution is -0.155. The van der Waals surface area contributed by atoms with E-state index in [0.29, 0.717) is 0 Å². The molecule has 142 valence electrons. The van der Waals surface area contributed by atoms with Crippen LogP contribution in [0, 0.1) is 5.41 Å². The van der Waals surface area contributed by atoms with Crippen molar-refractivity contribution in [2.24, 2.45) is 11.1 Å². The molecule has 4 rings (SSSR count). The van der Waals surface area contributed by atoms with E-state index in [0.717, 1.165) is 16.4 Å². The summed E-state index contributed by atoms with van der Waals surface area (Å²) in [5, 5.41) is 33.9. The van der Waals surface area contributed by atoms with Crippen LogP contribution in [0.5, 0.6) is 0 Å². The van der Waals surface area contributed by atoms with Crippen molar-refractivity contribution in [2.75, 3.05) is 18.1 Å². The minimum atomic E-state index is -1.22. The average Bonchev–Trinajstić information content (AvgIpc) is 3.13. The Morgan fingerprint density at radius 3 is 2.93 bits per heavy atom. The summed E-state index contributed by atoms with van der Waals surface area (Å²) in [5.74, 6) is -2.12. The monoisotopic (exact) mass is 411 g/mol. The number of aliphatic carboxylic acids is 1. The van der Waals surface area contributed by atoms with Gasteiger partial charge in [-0.3, -0.25) is 9.59 Å². The second-order valence-electron chi connectivity index (χ2n) is 6.26. The van der Waals surface area contributed by atoms with E-state index in [1.807, 2.05) is 0 Å². The number of carboxylic acid groups (broad SMARTS) is 2. The molecule has 2 aliphatic heterocycles. The SMILES string of the molecule is NC1C(=O)N2CC(CSc3cc(C(=O)O)c4nnnn4n3)(C(=O)O)CS[C@H]12. The van der Waals surface area contributed by atoms with Crippen molar-refractivity contribution in [1.82, 2.24) is 30.2 Å². The fraction of sp³-hybridized carbons (Fsp3) is 0.462. The Morgan fingerprint density at radius 2 is 2.22 bits per heavy atom. The number of hydrogen-bond donors (Lipinski definition) is 3. The van der Waals surface area contributed by atoms with Gasteiger partial charge in [0, 0.05) is 18.1 Å². The molecule has 2 aromatic rings. The van der Waals surface area contributed by atoms with Gasteiger partial charge in [0.25, 0.3) is 0 Å². The zero-order valence-corrected chi connectivity index (χ0v) is 15.2. The molecular formula is C13H13N7O5S2. The van der Waals surface area contributed by atoms with E-state index in [4.69, 9.17) is 5.73 Å². The normalized spacial score (nSPS) is 27.3. The third-order valence-corrected chi connectivity index (χ3v) is 7.32. The molecule has 0 aliphatic carbocycles. The van der Waals surface area contributed by atoms with Crippen molar-refractivity contribution in [3.8, 4) is 0 Å². The Kier molecular flexibility index (Phi) is 4.20. The summed E-state index contributed by atoms with van der Waals surface area (Å²) >= 11 is 2.42. The maximum atomic E-state index is 12.0. The summed E-state index contributed by atoms with van der Waals surface area (Å²) in [4.78, 5) is 36.7. The molecule has 0 aromatic carbocycles. The van der Waals surface area contributed by atoms with E-state index < -0.39 is 23.4 Å². The standard InChI is InChI=1S/C13H13N7O5S2/c14-7-9(21)19-2-13(12(24)25,4-27-10(7)19)3-26-6-1-5(11(22)23)8-15-17-18-20(8)16-6/h1,7,10H,2-4,14H2,(H,22,23)(H,24,25)/t7?,10-,13?/m1/s1. The van der Waals surface area contributed by atoms with Gasteiger partial charge in [-0.05, 0) is 16.5 Å². The first kappa shape index (κ1) is 17.9. The van der Waals surface area contributed by atoms with Gasteiger partial charge in [0.15, 0.2) is 0 Å². The van der Waals surface area contributed by atoms with Crippen LogP contribution in [0.15, 0.2) is 11.1 Å². The first-order valence-electron chi connectivity index (χ1n) is 7.69. The number of fused-ring (bicyclic) bond motifs is 2. The summed E-state index contributed by atoms with van der Waals surface area (Å²) < 4.78 is 0.989. The topological polar surface area (TPSA) is 177 Å². The zero-order chi connectivity index (χ0) is 19.3. The van der Waals surface area contributed by atoms with Gasteiger partial charge >= 0.3 is 11.9 Å². The van der Waals surface area contributed by atoms with Crippen molar-refractivity contribution in [3.63, 3.8) is 0 Å². The Labute approximate surface area is 159 Å². The molecule has 0 spiro atoms.